The smallest absolute Gasteiger partial charge is 0.268 e. The average molecular weight is 471 g/mol. The molecule has 0 saturated carbocycles. The molecule has 3 heterocycles. The van der Waals surface area contributed by atoms with Gasteiger partial charge in [-0.05, 0) is 48.3 Å². The highest BCUT2D eigenvalue weighted by atomic mass is 32.2. The molecule has 0 aliphatic carbocycles. The topological polar surface area (TPSA) is 74.9 Å². The number of para-hydroxylation sites is 1. The number of fused-ring (bicyclic) bond motifs is 1. The Labute approximate surface area is 202 Å². The van der Waals surface area contributed by atoms with E-state index in [1.807, 2.05) is 82.3 Å². The van der Waals surface area contributed by atoms with Gasteiger partial charge in [0.05, 0.1) is 17.8 Å². The fourth-order valence-corrected chi connectivity index (χ4v) is 4.71. The Morgan fingerprint density at radius 2 is 1.76 bits per heavy atom. The molecule has 1 N–H and O–H groups in total. The van der Waals surface area contributed by atoms with Gasteiger partial charge in [-0.25, -0.2) is 0 Å². The van der Waals surface area contributed by atoms with Crippen LogP contribution >= 0.6 is 11.8 Å². The molecule has 2 aromatic heterocycles. The number of carbonyl (C=O) groups excluding carboxylic acids is 1. The van der Waals surface area contributed by atoms with Crippen LogP contribution in [-0.4, -0.2) is 38.2 Å². The minimum atomic E-state index is -0.263. The highest BCUT2D eigenvalue weighted by Crippen LogP contribution is 2.35. The predicted molar refractivity (Wildman–Crippen MR) is 137 cm³/mol. The van der Waals surface area contributed by atoms with E-state index in [-0.39, 0.29) is 18.0 Å². The number of rotatable bonds is 8. The summed E-state index contributed by atoms with van der Waals surface area (Å²) >= 11 is 1.74. The second kappa shape index (κ2) is 10.1. The zero-order chi connectivity index (χ0) is 23.3. The summed E-state index contributed by atoms with van der Waals surface area (Å²) in [4.78, 5) is 13.5. The Kier molecular flexibility index (Phi) is 6.58. The molecule has 2 unspecified atom stereocenters. The van der Waals surface area contributed by atoms with Crippen molar-refractivity contribution in [2.45, 2.75) is 24.9 Å². The maximum absolute atomic E-state index is 13.5. The number of carbonyl (C=O) groups is 1. The molecule has 0 radical (unpaired) electrons. The van der Waals surface area contributed by atoms with Gasteiger partial charge in [0, 0.05) is 12.6 Å². The number of amides is 1. The molecule has 8 heteroatoms. The number of anilines is 1. The normalized spacial score (nSPS) is 16.4. The Balaban J connectivity index is 1.43. The molecule has 172 valence electrons. The summed E-state index contributed by atoms with van der Waals surface area (Å²) in [7, 11) is 0. The van der Waals surface area contributed by atoms with Gasteiger partial charge in [-0.3, -0.25) is 14.2 Å². The Hall–Kier alpha value is -3.65. The van der Waals surface area contributed by atoms with Crippen LogP contribution in [0.3, 0.4) is 0 Å². The Bertz CT molecular complexity index is 1290. The fraction of sp³-hybridized carbons (Fsp3) is 0.231. The van der Waals surface area contributed by atoms with E-state index in [0.717, 1.165) is 34.9 Å². The average Bonchev–Trinajstić information content (AvgIpc) is 3.53. The largest absolute Gasteiger partial charge is 0.341 e. The van der Waals surface area contributed by atoms with E-state index in [1.165, 1.54) is 0 Å². The summed E-state index contributed by atoms with van der Waals surface area (Å²) < 4.78 is 1.94. The van der Waals surface area contributed by atoms with E-state index in [4.69, 9.17) is 5.10 Å². The number of thioether (sulfide) groups is 1. The van der Waals surface area contributed by atoms with E-state index < -0.39 is 0 Å². The number of nitrogens with one attached hydrogen (secondary N) is 1. The molecule has 0 spiro atoms. The van der Waals surface area contributed by atoms with Gasteiger partial charge >= 0.3 is 0 Å². The van der Waals surface area contributed by atoms with Crippen molar-refractivity contribution >= 4 is 34.7 Å². The highest BCUT2D eigenvalue weighted by molar-refractivity contribution is 7.98. The molecular formula is C26H26N6OS. The first-order chi connectivity index (χ1) is 16.7. The zero-order valence-corrected chi connectivity index (χ0v) is 19.7. The standard InChI is InChI=1S/C26H26N6OS/c1-34-17-15-21(25-29-28-24-14-8-9-16-31(24)25)27-26(33)22-18-23(19-10-4-2-5-11-19)32(30-22)20-12-6-3-7-13-20/h2-14,16,21,23H,15,17-18H2,1H3,(H,27,33). The monoisotopic (exact) mass is 470 g/mol. The molecule has 1 aliphatic heterocycles. The van der Waals surface area contributed by atoms with Gasteiger partial charge in [-0.15, -0.1) is 10.2 Å². The zero-order valence-electron chi connectivity index (χ0n) is 18.9. The van der Waals surface area contributed by atoms with Gasteiger partial charge in [0.2, 0.25) is 0 Å². The lowest BCUT2D eigenvalue weighted by Gasteiger charge is -2.23. The van der Waals surface area contributed by atoms with E-state index in [1.54, 1.807) is 11.8 Å². The third kappa shape index (κ3) is 4.54. The predicted octanol–water partition coefficient (Wildman–Crippen LogP) is 4.65. The van der Waals surface area contributed by atoms with Crippen LogP contribution in [0.2, 0.25) is 0 Å². The Morgan fingerprint density at radius 3 is 2.53 bits per heavy atom. The molecule has 1 aliphatic rings. The van der Waals surface area contributed by atoms with Crippen molar-refractivity contribution in [1.29, 1.82) is 0 Å². The van der Waals surface area contributed by atoms with Crippen molar-refractivity contribution in [3.63, 3.8) is 0 Å². The van der Waals surface area contributed by atoms with Crippen LogP contribution in [0.1, 0.15) is 36.3 Å². The van der Waals surface area contributed by atoms with Gasteiger partial charge in [0.15, 0.2) is 11.5 Å². The number of aromatic nitrogens is 3. The van der Waals surface area contributed by atoms with Crippen LogP contribution in [0.25, 0.3) is 5.65 Å². The lowest BCUT2D eigenvalue weighted by Crippen LogP contribution is -2.35. The quantitative estimate of drug-likeness (QED) is 0.406. The second-order valence-corrected chi connectivity index (χ2v) is 9.14. The lowest BCUT2D eigenvalue weighted by atomic mass is 10.0. The summed E-state index contributed by atoms with van der Waals surface area (Å²) in [5.41, 5.74) is 3.36. The van der Waals surface area contributed by atoms with Gasteiger partial charge in [0.25, 0.3) is 5.91 Å². The molecule has 0 fully saturated rings. The fourth-order valence-electron chi connectivity index (χ4n) is 4.24. The minimum Gasteiger partial charge on any atom is -0.341 e. The number of hydrogen-bond donors (Lipinski definition) is 1. The number of hydrogen-bond acceptors (Lipinski definition) is 6. The van der Waals surface area contributed by atoms with E-state index >= 15 is 0 Å². The Morgan fingerprint density at radius 1 is 1.03 bits per heavy atom. The minimum absolute atomic E-state index is 0.0390. The van der Waals surface area contributed by atoms with Crippen LogP contribution in [0, 0.1) is 0 Å². The number of hydrazone groups is 1. The maximum atomic E-state index is 13.5. The summed E-state index contributed by atoms with van der Waals surface area (Å²) in [6, 6.07) is 25.7. The molecular weight excluding hydrogens is 444 g/mol. The molecule has 0 saturated heterocycles. The van der Waals surface area contributed by atoms with Crippen LogP contribution in [0.5, 0.6) is 0 Å². The van der Waals surface area contributed by atoms with Crippen molar-refractivity contribution in [2.75, 3.05) is 17.0 Å². The maximum Gasteiger partial charge on any atom is 0.268 e. The van der Waals surface area contributed by atoms with Crippen molar-refractivity contribution in [2.24, 2.45) is 5.10 Å². The molecule has 0 bridgehead atoms. The first-order valence-electron chi connectivity index (χ1n) is 11.3. The van der Waals surface area contributed by atoms with Crippen molar-refractivity contribution in [1.82, 2.24) is 19.9 Å². The van der Waals surface area contributed by atoms with Crippen LogP contribution in [0.4, 0.5) is 5.69 Å². The number of pyridine rings is 1. The molecule has 2 aromatic carbocycles. The third-order valence-electron chi connectivity index (χ3n) is 5.95. The van der Waals surface area contributed by atoms with E-state index in [9.17, 15) is 4.79 Å². The summed E-state index contributed by atoms with van der Waals surface area (Å²) in [6.07, 6.45) is 5.27. The number of nitrogens with zero attached hydrogens (tertiary/aromatic N) is 5. The molecule has 4 aromatic rings. The molecule has 7 nitrogen and oxygen atoms in total. The van der Waals surface area contributed by atoms with Crippen molar-refractivity contribution in [3.8, 4) is 0 Å². The molecule has 34 heavy (non-hydrogen) atoms. The highest BCUT2D eigenvalue weighted by Gasteiger charge is 2.33. The van der Waals surface area contributed by atoms with Gasteiger partial charge in [0.1, 0.15) is 5.71 Å². The lowest BCUT2D eigenvalue weighted by molar-refractivity contribution is -0.115. The first-order valence-corrected chi connectivity index (χ1v) is 12.7. The SMILES string of the molecule is CSCCC(NC(=O)C1=NN(c2ccccc2)C(c2ccccc2)C1)c1nnc2ccccn12. The van der Waals surface area contributed by atoms with Crippen molar-refractivity contribution < 1.29 is 4.79 Å². The van der Waals surface area contributed by atoms with Crippen LogP contribution in [0.15, 0.2) is 90.2 Å². The van der Waals surface area contributed by atoms with Gasteiger partial charge in [-0.1, -0.05) is 54.6 Å². The first kappa shape index (κ1) is 22.2. The van der Waals surface area contributed by atoms with Crippen LogP contribution in [-0.2, 0) is 4.79 Å². The molecule has 5 rings (SSSR count). The second-order valence-electron chi connectivity index (χ2n) is 8.15. The van der Waals surface area contributed by atoms with E-state index in [2.05, 4.69) is 33.9 Å². The van der Waals surface area contributed by atoms with Gasteiger partial charge < -0.3 is 5.32 Å². The summed E-state index contributed by atoms with van der Waals surface area (Å²) in [5.74, 6) is 1.45. The summed E-state index contributed by atoms with van der Waals surface area (Å²) in [5, 5.41) is 18.6. The number of benzene rings is 2. The summed E-state index contributed by atoms with van der Waals surface area (Å²) in [6.45, 7) is 0. The molecule has 1 amide bonds. The third-order valence-corrected chi connectivity index (χ3v) is 6.59. The van der Waals surface area contributed by atoms with Gasteiger partial charge in [-0.2, -0.15) is 16.9 Å². The van der Waals surface area contributed by atoms with Crippen molar-refractivity contribution in [3.05, 3.63) is 96.4 Å². The van der Waals surface area contributed by atoms with E-state index in [0.29, 0.717) is 12.1 Å². The molecule has 2 atom stereocenters. The van der Waals surface area contributed by atoms with Crippen LogP contribution < -0.4 is 10.3 Å².